The first-order valence-electron chi connectivity index (χ1n) is 9.88. The van der Waals surface area contributed by atoms with E-state index in [9.17, 15) is 15.3 Å². The molecule has 3 heteroatoms. The molecule has 0 aliphatic rings. The minimum atomic E-state index is -0.581. The van der Waals surface area contributed by atoms with Crippen molar-refractivity contribution in [1.82, 2.24) is 0 Å². The lowest BCUT2D eigenvalue weighted by Gasteiger charge is -2.34. The molecule has 0 atom stereocenters. The molecular weight excluding hydrogens is 360 g/mol. The fraction of sp³-hybridized carbons (Fsp3) is 0.308. The summed E-state index contributed by atoms with van der Waals surface area (Å²) in [7, 11) is 0. The minimum Gasteiger partial charge on any atom is -0.508 e. The van der Waals surface area contributed by atoms with E-state index in [1.165, 1.54) is 0 Å². The Kier molecular flexibility index (Phi) is 5.12. The fourth-order valence-electron chi connectivity index (χ4n) is 4.12. The third kappa shape index (κ3) is 3.35. The highest BCUT2D eigenvalue weighted by Gasteiger charge is 2.34. The first-order valence-corrected chi connectivity index (χ1v) is 9.88. The monoisotopic (exact) mass is 390 g/mol. The Hall–Kier alpha value is -2.94. The Morgan fingerprint density at radius 1 is 0.517 bits per heavy atom. The summed E-state index contributed by atoms with van der Waals surface area (Å²) in [5.74, 6) is 0.875. The van der Waals surface area contributed by atoms with E-state index in [2.05, 4.69) is 13.0 Å². The summed E-state index contributed by atoms with van der Waals surface area (Å²) in [6, 6.07) is 12.0. The van der Waals surface area contributed by atoms with Crippen molar-refractivity contribution in [3.63, 3.8) is 0 Å². The highest BCUT2D eigenvalue weighted by Crippen LogP contribution is 2.44. The second-order valence-corrected chi connectivity index (χ2v) is 8.48. The van der Waals surface area contributed by atoms with Crippen LogP contribution in [0.3, 0.4) is 0 Å². The third-order valence-corrected chi connectivity index (χ3v) is 6.35. The fourth-order valence-corrected chi connectivity index (χ4v) is 4.12. The van der Waals surface area contributed by atoms with Crippen molar-refractivity contribution in [3.05, 3.63) is 86.5 Å². The Morgan fingerprint density at radius 2 is 0.828 bits per heavy atom. The molecule has 3 aromatic carbocycles. The van der Waals surface area contributed by atoms with Gasteiger partial charge in [-0.2, -0.15) is 0 Å². The van der Waals surface area contributed by atoms with Crippen LogP contribution in [-0.4, -0.2) is 15.3 Å². The average molecular weight is 391 g/mol. The van der Waals surface area contributed by atoms with Crippen LogP contribution in [0.15, 0.2) is 36.4 Å². The van der Waals surface area contributed by atoms with Gasteiger partial charge in [0.1, 0.15) is 17.2 Å². The molecule has 3 aromatic rings. The zero-order valence-corrected chi connectivity index (χ0v) is 18.3. The van der Waals surface area contributed by atoms with Gasteiger partial charge in [-0.25, -0.2) is 0 Å². The van der Waals surface area contributed by atoms with Crippen LogP contribution in [0.25, 0.3) is 0 Å². The van der Waals surface area contributed by atoms with Crippen molar-refractivity contribution < 1.29 is 15.3 Å². The van der Waals surface area contributed by atoms with Crippen LogP contribution in [0.4, 0.5) is 0 Å². The lowest BCUT2D eigenvalue weighted by Crippen LogP contribution is -2.26. The summed E-state index contributed by atoms with van der Waals surface area (Å²) in [5.41, 5.74) is 7.57. The number of hydrogen-bond donors (Lipinski definition) is 3. The highest BCUT2D eigenvalue weighted by molar-refractivity contribution is 5.59. The minimum absolute atomic E-state index is 0.269. The molecule has 0 heterocycles. The Labute approximate surface area is 173 Å². The van der Waals surface area contributed by atoms with Gasteiger partial charge in [0.2, 0.25) is 0 Å². The second kappa shape index (κ2) is 7.14. The molecule has 0 fully saturated rings. The SMILES string of the molecule is Cc1cc(C(C)(c2cc(C)c(O)c(C)c2)c2cc(C)c(O)c(C)c2)cc(O)c1C. The molecule has 0 spiro atoms. The third-order valence-electron chi connectivity index (χ3n) is 6.35. The summed E-state index contributed by atoms with van der Waals surface area (Å²) in [4.78, 5) is 0. The van der Waals surface area contributed by atoms with Crippen molar-refractivity contribution in [3.8, 4) is 17.2 Å². The first kappa shape index (κ1) is 20.8. The standard InChI is InChI=1S/C26H30O3/c1-14-8-22(13-23(27)19(14)6)26(7,20-9-15(2)24(28)16(3)10-20)21-11-17(4)25(29)18(5)12-21/h8-13,27-29H,1-7H3. The molecular formula is C26H30O3. The van der Waals surface area contributed by atoms with Crippen molar-refractivity contribution in [1.29, 1.82) is 0 Å². The lowest BCUT2D eigenvalue weighted by molar-refractivity contribution is 0.463. The molecule has 0 saturated heterocycles. The number of phenols is 3. The van der Waals surface area contributed by atoms with Crippen LogP contribution in [0, 0.1) is 41.5 Å². The van der Waals surface area contributed by atoms with E-state index in [-0.39, 0.29) is 5.75 Å². The number of aryl methyl sites for hydroxylation is 5. The number of hydrogen-bond acceptors (Lipinski definition) is 3. The summed E-state index contributed by atoms with van der Waals surface area (Å²) in [6.45, 7) is 13.6. The smallest absolute Gasteiger partial charge is 0.121 e. The molecule has 0 aromatic heterocycles. The number of phenolic OH excluding ortho intramolecular Hbond substituents is 3. The van der Waals surface area contributed by atoms with Crippen LogP contribution < -0.4 is 0 Å². The van der Waals surface area contributed by atoms with Crippen molar-refractivity contribution in [2.24, 2.45) is 0 Å². The van der Waals surface area contributed by atoms with Crippen LogP contribution in [-0.2, 0) is 5.41 Å². The van der Waals surface area contributed by atoms with Gasteiger partial charge in [-0.1, -0.05) is 30.3 Å². The Bertz CT molecular complexity index is 900. The maximum atomic E-state index is 10.6. The highest BCUT2D eigenvalue weighted by atomic mass is 16.3. The molecule has 3 N–H and O–H groups in total. The number of rotatable bonds is 3. The van der Waals surface area contributed by atoms with Gasteiger partial charge in [0.05, 0.1) is 0 Å². The van der Waals surface area contributed by atoms with Gasteiger partial charge < -0.3 is 15.3 Å². The molecule has 0 unspecified atom stereocenters. The zero-order chi connectivity index (χ0) is 21.7. The van der Waals surface area contributed by atoms with Gasteiger partial charge in [-0.05, 0) is 105 Å². The van der Waals surface area contributed by atoms with E-state index in [0.29, 0.717) is 11.5 Å². The maximum Gasteiger partial charge on any atom is 0.121 e. The van der Waals surface area contributed by atoms with Gasteiger partial charge in [0, 0.05) is 5.41 Å². The predicted octanol–water partition coefficient (Wildman–Crippen LogP) is 6.01. The van der Waals surface area contributed by atoms with Crippen molar-refractivity contribution in [2.75, 3.05) is 0 Å². The first-order chi connectivity index (χ1) is 13.5. The number of aromatic hydroxyl groups is 3. The molecule has 29 heavy (non-hydrogen) atoms. The molecule has 152 valence electrons. The molecule has 0 saturated carbocycles. The molecule has 3 rings (SSSR count). The Morgan fingerprint density at radius 3 is 1.17 bits per heavy atom. The van der Waals surface area contributed by atoms with Crippen LogP contribution in [0.5, 0.6) is 17.2 Å². The summed E-state index contributed by atoms with van der Waals surface area (Å²) < 4.78 is 0. The molecule has 0 radical (unpaired) electrons. The van der Waals surface area contributed by atoms with Gasteiger partial charge >= 0.3 is 0 Å². The molecule has 0 aliphatic carbocycles. The van der Waals surface area contributed by atoms with Gasteiger partial charge in [-0.3, -0.25) is 0 Å². The summed E-state index contributed by atoms with van der Waals surface area (Å²) >= 11 is 0. The van der Waals surface area contributed by atoms with Gasteiger partial charge in [-0.15, -0.1) is 0 Å². The van der Waals surface area contributed by atoms with Crippen LogP contribution >= 0.6 is 0 Å². The predicted molar refractivity (Wildman–Crippen MR) is 118 cm³/mol. The van der Waals surface area contributed by atoms with Crippen molar-refractivity contribution in [2.45, 2.75) is 53.9 Å². The van der Waals surface area contributed by atoms with E-state index < -0.39 is 5.41 Å². The van der Waals surface area contributed by atoms with Crippen LogP contribution in [0.2, 0.25) is 0 Å². The Balaban J connectivity index is 2.42. The maximum absolute atomic E-state index is 10.6. The molecule has 3 nitrogen and oxygen atoms in total. The molecule has 0 bridgehead atoms. The average Bonchev–Trinajstić information content (AvgIpc) is 2.66. The topological polar surface area (TPSA) is 60.7 Å². The van der Waals surface area contributed by atoms with Crippen LogP contribution in [0.1, 0.15) is 57.0 Å². The van der Waals surface area contributed by atoms with Gasteiger partial charge in [0.15, 0.2) is 0 Å². The van der Waals surface area contributed by atoms with E-state index in [0.717, 1.165) is 50.1 Å². The number of benzene rings is 3. The van der Waals surface area contributed by atoms with E-state index in [1.807, 2.05) is 71.9 Å². The largest absolute Gasteiger partial charge is 0.508 e. The van der Waals surface area contributed by atoms with E-state index in [4.69, 9.17) is 0 Å². The lowest BCUT2D eigenvalue weighted by atomic mass is 9.69. The quantitative estimate of drug-likeness (QED) is 0.480. The van der Waals surface area contributed by atoms with E-state index in [1.54, 1.807) is 0 Å². The summed E-state index contributed by atoms with van der Waals surface area (Å²) in [6.07, 6.45) is 0. The molecule has 0 amide bonds. The normalized spacial score (nSPS) is 11.7. The second-order valence-electron chi connectivity index (χ2n) is 8.48. The van der Waals surface area contributed by atoms with E-state index >= 15 is 0 Å². The zero-order valence-electron chi connectivity index (χ0n) is 18.3. The summed E-state index contributed by atoms with van der Waals surface area (Å²) in [5, 5.41) is 31.2. The van der Waals surface area contributed by atoms with Gasteiger partial charge in [0.25, 0.3) is 0 Å². The van der Waals surface area contributed by atoms with Crippen molar-refractivity contribution >= 4 is 0 Å². The molecule has 0 aliphatic heterocycles.